The zero-order valence-corrected chi connectivity index (χ0v) is 11.3. The number of aliphatic hydroxyl groups excluding tert-OH is 1. The molecular weight excluding hydrogens is 250 g/mol. The second-order valence-electron chi connectivity index (χ2n) is 3.73. The molecule has 0 radical (unpaired) electrons. The van der Waals surface area contributed by atoms with Gasteiger partial charge in [0.05, 0.1) is 20.8 Å². The Balaban J connectivity index is 2.49. The molecule has 1 aromatic rings. The van der Waals surface area contributed by atoms with Crippen LogP contribution < -0.4 is 25.8 Å². The molecular formula is C11H21N5O3. The molecule has 8 nitrogen and oxygen atoms in total. The summed E-state index contributed by atoms with van der Waals surface area (Å²) < 4.78 is 10.1. The maximum Gasteiger partial charge on any atom is 0.245 e. The standard InChI is InChI=1S/C11H21N5O3/c1-18-9-8(12)10(19-2)16-11(15-9)14-5-3-4-13-6-7-17/h13,17H,3-7,12H2,1-2H3,(H,14,15,16). The predicted molar refractivity (Wildman–Crippen MR) is 72.6 cm³/mol. The Kier molecular flexibility index (Phi) is 6.69. The van der Waals surface area contributed by atoms with E-state index in [2.05, 4.69) is 20.6 Å². The number of ether oxygens (including phenoxy) is 2. The van der Waals surface area contributed by atoms with Gasteiger partial charge in [-0.25, -0.2) is 0 Å². The third-order valence-corrected chi connectivity index (χ3v) is 2.36. The van der Waals surface area contributed by atoms with Crippen molar-refractivity contribution in [2.24, 2.45) is 0 Å². The van der Waals surface area contributed by atoms with Crippen LogP contribution in [0.2, 0.25) is 0 Å². The quantitative estimate of drug-likeness (QED) is 0.443. The van der Waals surface area contributed by atoms with E-state index in [0.29, 0.717) is 19.0 Å². The number of hydrogen-bond donors (Lipinski definition) is 4. The highest BCUT2D eigenvalue weighted by molar-refractivity contribution is 5.58. The number of rotatable bonds is 9. The van der Waals surface area contributed by atoms with Gasteiger partial charge in [-0.3, -0.25) is 0 Å². The first kappa shape index (κ1) is 15.3. The second-order valence-corrected chi connectivity index (χ2v) is 3.73. The van der Waals surface area contributed by atoms with Gasteiger partial charge in [0.25, 0.3) is 0 Å². The van der Waals surface area contributed by atoms with Crippen LogP contribution in [0.5, 0.6) is 11.8 Å². The largest absolute Gasteiger partial charge is 0.479 e. The van der Waals surface area contributed by atoms with E-state index in [4.69, 9.17) is 20.3 Å². The number of aromatic nitrogens is 2. The first-order valence-corrected chi connectivity index (χ1v) is 6.03. The molecule has 0 aromatic carbocycles. The summed E-state index contributed by atoms with van der Waals surface area (Å²) in [4.78, 5) is 8.25. The van der Waals surface area contributed by atoms with E-state index in [9.17, 15) is 0 Å². The maximum atomic E-state index is 8.60. The third kappa shape index (κ3) is 4.76. The van der Waals surface area contributed by atoms with Crippen molar-refractivity contribution in [2.45, 2.75) is 6.42 Å². The van der Waals surface area contributed by atoms with Crippen LogP contribution in [-0.2, 0) is 0 Å². The van der Waals surface area contributed by atoms with Crippen molar-refractivity contribution >= 4 is 11.6 Å². The van der Waals surface area contributed by atoms with Gasteiger partial charge >= 0.3 is 0 Å². The lowest BCUT2D eigenvalue weighted by molar-refractivity contribution is 0.292. The number of nitrogens with one attached hydrogen (secondary N) is 2. The van der Waals surface area contributed by atoms with E-state index in [-0.39, 0.29) is 24.1 Å². The Morgan fingerprint density at radius 1 is 1.11 bits per heavy atom. The SMILES string of the molecule is COc1nc(NCCCNCCO)nc(OC)c1N. The van der Waals surface area contributed by atoms with Gasteiger partial charge in [-0.2, -0.15) is 9.97 Å². The second kappa shape index (κ2) is 8.33. The maximum absolute atomic E-state index is 8.60. The average Bonchev–Trinajstić information content (AvgIpc) is 2.44. The molecule has 0 spiro atoms. The van der Waals surface area contributed by atoms with Crippen molar-refractivity contribution in [2.75, 3.05) is 51.5 Å². The highest BCUT2D eigenvalue weighted by Gasteiger charge is 2.12. The average molecular weight is 271 g/mol. The number of nitrogen functional groups attached to an aromatic ring is 1. The van der Waals surface area contributed by atoms with Crippen molar-refractivity contribution in [1.29, 1.82) is 0 Å². The van der Waals surface area contributed by atoms with Crippen LogP contribution in [0.25, 0.3) is 0 Å². The molecule has 1 rings (SSSR count). The van der Waals surface area contributed by atoms with Gasteiger partial charge in [-0.15, -0.1) is 0 Å². The van der Waals surface area contributed by atoms with E-state index in [1.54, 1.807) is 0 Å². The van der Waals surface area contributed by atoms with Crippen LogP contribution in [0.4, 0.5) is 11.6 Å². The number of hydrogen-bond acceptors (Lipinski definition) is 8. The minimum absolute atomic E-state index is 0.142. The number of aliphatic hydroxyl groups is 1. The normalized spacial score (nSPS) is 10.3. The molecule has 0 aliphatic heterocycles. The summed E-state index contributed by atoms with van der Waals surface area (Å²) in [5.41, 5.74) is 6.02. The summed E-state index contributed by atoms with van der Waals surface area (Å²) in [6.45, 7) is 2.23. The van der Waals surface area contributed by atoms with E-state index in [0.717, 1.165) is 13.0 Å². The van der Waals surface area contributed by atoms with Crippen molar-refractivity contribution in [3.8, 4) is 11.8 Å². The van der Waals surface area contributed by atoms with Gasteiger partial charge in [-0.05, 0) is 13.0 Å². The van der Waals surface area contributed by atoms with Gasteiger partial charge in [0.1, 0.15) is 0 Å². The van der Waals surface area contributed by atoms with Crippen molar-refractivity contribution in [3.63, 3.8) is 0 Å². The lowest BCUT2D eigenvalue weighted by Gasteiger charge is -2.11. The third-order valence-electron chi connectivity index (χ3n) is 2.36. The summed E-state index contributed by atoms with van der Waals surface area (Å²) in [5, 5.41) is 14.7. The molecule has 0 saturated carbocycles. The minimum Gasteiger partial charge on any atom is -0.479 e. The topological polar surface area (TPSA) is 115 Å². The summed E-state index contributed by atoms with van der Waals surface area (Å²) >= 11 is 0. The summed E-state index contributed by atoms with van der Waals surface area (Å²) in [6, 6.07) is 0. The van der Waals surface area contributed by atoms with Crippen molar-refractivity contribution in [3.05, 3.63) is 0 Å². The van der Waals surface area contributed by atoms with Gasteiger partial charge in [0, 0.05) is 13.1 Å². The molecule has 0 fully saturated rings. The fraction of sp³-hybridized carbons (Fsp3) is 0.636. The summed E-state index contributed by atoms with van der Waals surface area (Å²) in [5.74, 6) is 0.977. The van der Waals surface area contributed by atoms with Crippen molar-refractivity contribution in [1.82, 2.24) is 15.3 Å². The van der Waals surface area contributed by atoms with E-state index < -0.39 is 0 Å². The Labute approximate surface area is 112 Å². The van der Waals surface area contributed by atoms with Crippen LogP contribution >= 0.6 is 0 Å². The van der Waals surface area contributed by atoms with Gasteiger partial charge in [0.15, 0.2) is 5.69 Å². The number of methoxy groups -OCH3 is 2. The Morgan fingerprint density at radius 2 is 1.74 bits per heavy atom. The van der Waals surface area contributed by atoms with Crippen molar-refractivity contribution < 1.29 is 14.6 Å². The summed E-state index contributed by atoms with van der Waals surface area (Å²) in [6.07, 6.45) is 0.873. The Morgan fingerprint density at radius 3 is 2.26 bits per heavy atom. The first-order chi connectivity index (χ1) is 9.22. The Hall–Kier alpha value is -1.80. The predicted octanol–water partition coefficient (Wildman–Crippen LogP) is -0.540. The monoisotopic (exact) mass is 271 g/mol. The molecule has 0 aliphatic carbocycles. The molecule has 19 heavy (non-hydrogen) atoms. The van der Waals surface area contributed by atoms with Gasteiger partial charge in [-0.1, -0.05) is 0 Å². The lowest BCUT2D eigenvalue weighted by Crippen LogP contribution is -2.21. The highest BCUT2D eigenvalue weighted by Crippen LogP contribution is 2.28. The molecule has 0 bridgehead atoms. The van der Waals surface area contributed by atoms with Crippen LogP contribution in [0.15, 0.2) is 0 Å². The van der Waals surface area contributed by atoms with Crippen LogP contribution in [0.3, 0.4) is 0 Å². The molecule has 1 aromatic heterocycles. The lowest BCUT2D eigenvalue weighted by atomic mass is 10.4. The smallest absolute Gasteiger partial charge is 0.245 e. The molecule has 108 valence electrons. The van der Waals surface area contributed by atoms with E-state index in [1.807, 2.05) is 0 Å². The molecule has 0 unspecified atom stereocenters. The molecule has 1 heterocycles. The van der Waals surface area contributed by atoms with Crippen LogP contribution in [0, 0.1) is 0 Å². The number of nitrogens with two attached hydrogens (primary N) is 1. The van der Waals surface area contributed by atoms with Gasteiger partial charge in [0.2, 0.25) is 17.7 Å². The van der Waals surface area contributed by atoms with Gasteiger partial charge < -0.3 is 30.9 Å². The Bertz CT molecular complexity index is 364. The number of anilines is 2. The van der Waals surface area contributed by atoms with Crippen LogP contribution in [-0.4, -0.2) is 55.5 Å². The molecule has 5 N–H and O–H groups in total. The fourth-order valence-electron chi connectivity index (χ4n) is 1.44. The minimum atomic E-state index is 0.142. The van der Waals surface area contributed by atoms with E-state index >= 15 is 0 Å². The van der Waals surface area contributed by atoms with Crippen LogP contribution in [0.1, 0.15) is 6.42 Å². The zero-order chi connectivity index (χ0) is 14.1. The molecule has 0 amide bonds. The summed E-state index contributed by atoms with van der Waals surface area (Å²) in [7, 11) is 2.97. The fourth-order valence-corrected chi connectivity index (χ4v) is 1.44. The first-order valence-electron chi connectivity index (χ1n) is 6.03. The molecule has 8 heteroatoms. The van der Waals surface area contributed by atoms with E-state index in [1.165, 1.54) is 14.2 Å². The number of nitrogens with zero attached hydrogens (tertiary/aromatic N) is 2. The zero-order valence-electron chi connectivity index (χ0n) is 11.3. The molecule has 0 atom stereocenters. The molecule has 0 aliphatic rings. The highest BCUT2D eigenvalue weighted by atomic mass is 16.5. The molecule has 0 saturated heterocycles.